The largest absolute Gasteiger partial charge is 0.412 e. The van der Waals surface area contributed by atoms with E-state index < -0.39 is 8.32 Å². The summed E-state index contributed by atoms with van der Waals surface area (Å²) in [5, 5.41) is 0.100. The first kappa shape index (κ1) is 23.5. The molecule has 1 amide bonds. The van der Waals surface area contributed by atoms with Gasteiger partial charge in [-0.1, -0.05) is 51.1 Å². The Balaban J connectivity index is 1.73. The van der Waals surface area contributed by atoms with Gasteiger partial charge in [0.25, 0.3) is 0 Å². The van der Waals surface area contributed by atoms with Crippen molar-refractivity contribution in [1.82, 2.24) is 9.80 Å². The molecule has 3 rings (SSSR count). The monoisotopic (exact) mass is 431 g/mol. The van der Waals surface area contributed by atoms with Crippen LogP contribution in [0.5, 0.6) is 0 Å². The van der Waals surface area contributed by atoms with Crippen LogP contribution >= 0.6 is 0 Å². The van der Waals surface area contributed by atoms with Gasteiger partial charge in [0.15, 0.2) is 8.32 Å². The van der Waals surface area contributed by atoms with Crippen molar-refractivity contribution in [3.63, 3.8) is 0 Å². The SMILES string of the molecule is CC(O[Si](C)(C)C(C)(C)C)[C@@H](C(N)=O)N1CC2(CCCN2Cc2ccccc2)C1C. The van der Waals surface area contributed by atoms with Gasteiger partial charge in [0, 0.05) is 24.7 Å². The Bertz CT molecular complexity index is 749. The van der Waals surface area contributed by atoms with Crippen molar-refractivity contribution >= 4 is 14.2 Å². The minimum Gasteiger partial charge on any atom is -0.412 e. The van der Waals surface area contributed by atoms with Crippen LogP contribution in [0.3, 0.4) is 0 Å². The smallest absolute Gasteiger partial charge is 0.237 e. The summed E-state index contributed by atoms with van der Waals surface area (Å²) in [6.07, 6.45) is 2.19. The first-order valence-corrected chi connectivity index (χ1v) is 14.3. The van der Waals surface area contributed by atoms with E-state index >= 15 is 0 Å². The lowest BCUT2D eigenvalue weighted by Gasteiger charge is -2.61. The lowest BCUT2D eigenvalue weighted by molar-refractivity contribution is -0.150. The number of rotatable bonds is 7. The second-order valence-corrected chi connectivity index (χ2v) is 15.6. The van der Waals surface area contributed by atoms with E-state index in [0.717, 1.165) is 19.6 Å². The topological polar surface area (TPSA) is 58.8 Å². The molecule has 2 fully saturated rings. The first-order valence-electron chi connectivity index (χ1n) is 11.4. The van der Waals surface area contributed by atoms with Gasteiger partial charge in [-0.05, 0) is 56.9 Å². The predicted octanol–water partition coefficient (Wildman–Crippen LogP) is 3.99. The van der Waals surface area contributed by atoms with Crippen LogP contribution in [0.25, 0.3) is 0 Å². The average molecular weight is 432 g/mol. The molecule has 0 radical (unpaired) electrons. The van der Waals surface area contributed by atoms with Crippen molar-refractivity contribution in [2.45, 2.75) is 95.9 Å². The number of hydrogen-bond donors (Lipinski definition) is 1. The second-order valence-electron chi connectivity index (χ2n) is 10.9. The normalized spacial score (nSPS) is 27.8. The van der Waals surface area contributed by atoms with E-state index in [1.54, 1.807) is 0 Å². The Morgan fingerprint density at radius 2 is 1.93 bits per heavy atom. The minimum atomic E-state index is -1.98. The molecule has 0 bridgehead atoms. The van der Waals surface area contributed by atoms with Crippen molar-refractivity contribution < 1.29 is 9.22 Å². The maximum Gasteiger partial charge on any atom is 0.237 e. The number of hydrogen-bond acceptors (Lipinski definition) is 4. The summed E-state index contributed by atoms with van der Waals surface area (Å²) in [5.74, 6) is -0.268. The molecule has 0 saturated carbocycles. The van der Waals surface area contributed by atoms with E-state index in [2.05, 4.69) is 80.9 Å². The zero-order valence-electron chi connectivity index (χ0n) is 19.9. The predicted molar refractivity (Wildman–Crippen MR) is 126 cm³/mol. The highest BCUT2D eigenvalue weighted by molar-refractivity contribution is 6.74. The maximum absolute atomic E-state index is 12.5. The van der Waals surface area contributed by atoms with Gasteiger partial charge in [0.1, 0.15) is 6.04 Å². The number of carbonyl (C=O) groups is 1. The van der Waals surface area contributed by atoms with Crippen LogP contribution in [0, 0.1) is 0 Å². The van der Waals surface area contributed by atoms with Crippen LogP contribution in [-0.4, -0.2) is 60.8 Å². The molecular formula is C24H41N3O2Si. The number of benzene rings is 1. The fourth-order valence-electron chi connectivity index (χ4n) is 5.14. The van der Waals surface area contributed by atoms with Gasteiger partial charge < -0.3 is 10.2 Å². The molecule has 1 aromatic carbocycles. The third-order valence-electron chi connectivity index (χ3n) is 8.00. The van der Waals surface area contributed by atoms with Crippen molar-refractivity contribution in [3.05, 3.63) is 35.9 Å². The number of nitrogens with two attached hydrogens (primary N) is 1. The molecule has 2 N–H and O–H groups in total. The van der Waals surface area contributed by atoms with Crippen LogP contribution in [0.4, 0.5) is 0 Å². The van der Waals surface area contributed by atoms with Gasteiger partial charge in [-0.15, -0.1) is 0 Å². The molecule has 3 unspecified atom stereocenters. The van der Waals surface area contributed by atoms with Crippen LogP contribution in [-0.2, 0) is 15.8 Å². The number of amides is 1. The third kappa shape index (κ3) is 4.24. The van der Waals surface area contributed by atoms with Crippen molar-refractivity contribution in [1.29, 1.82) is 0 Å². The molecule has 30 heavy (non-hydrogen) atoms. The number of primary amides is 1. The summed E-state index contributed by atoms with van der Waals surface area (Å²) in [6.45, 7) is 18.4. The lowest BCUT2D eigenvalue weighted by atomic mass is 9.76. The van der Waals surface area contributed by atoms with Gasteiger partial charge >= 0.3 is 0 Å². The Kier molecular flexibility index (Phi) is 6.55. The highest BCUT2D eigenvalue weighted by atomic mass is 28.4. The lowest BCUT2D eigenvalue weighted by Crippen LogP contribution is -2.77. The molecule has 5 nitrogen and oxygen atoms in total. The molecule has 2 aliphatic rings. The van der Waals surface area contributed by atoms with Gasteiger partial charge in [0.05, 0.1) is 6.10 Å². The zero-order valence-corrected chi connectivity index (χ0v) is 20.9. The Morgan fingerprint density at radius 1 is 1.30 bits per heavy atom. The first-order chi connectivity index (χ1) is 13.9. The minimum absolute atomic E-state index is 0.100. The Labute approximate surface area is 184 Å². The molecule has 168 valence electrons. The summed E-state index contributed by atoms with van der Waals surface area (Å²) >= 11 is 0. The Morgan fingerprint density at radius 3 is 2.47 bits per heavy atom. The Hall–Kier alpha value is -1.21. The van der Waals surface area contributed by atoms with Crippen LogP contribution in [0.2, 0.25) is 18.1 Å². The van der Waals surface area contributed by atoms with Crippen molar-refractivity contribution in [2.75, 3.05) is 13.1 Å². The quantitative estimate of drug-likeness (QED) is 0.663. The van der Waals surface area contributed by atoms with E-state index in [9.17, 15) is 4.79 Å². The van der Waals surface area contributed by atoms with E-state index in [1.807, 2.05) is 6.92 Å². The second kappa shape index (κ2) is 8.38. The van der Waals surface area contributed by atoms with Crippen LogP contribution in [0.1, 0.15) is 53.0 Å². The van der Waals surface area contributed by atoms with E-state index in [1.165, 1.54) is 18.4 Å². The van der Waals surface area contributed by atoms with E-state index in [4.69, 9.17) is 10.2 Å². The highest BCUT2D eigenvalue weighted by Gasteiger charge is 2.59. The van der Waals surface area contributed by atoms with E-state index in [0.29, 0.717) is 0 Å². The molecule has 2 aliphatic heterocycles. The van der Waals surface area contributed by atoms with Crippen molar-refractivity contribution in [2.24, 2.45) is 5.73 Å². The van der Waals surface area contributed by atoms with Crippen molar-refractivity contribution in [3.8, 4) is 0 Å². The summed E-state index contributed by atoms with van der Waals surface area (Å²) in [5.41, 5.74) is 7.42. The average Bonchev–Trinajstić information content (AvgIpc) is 3.05. The summed E-state index contributed by atoms with van der Waals surface area (Å²) < 4.78 is 6.59. The standard InChI is InChI=1S/C24H41N3O2Si/c1-18(29-30(6,7)23(3,4)5)21(22(25)28)27-17-24(19(27)2)14-11-15-26(24)16-20-12-9-8-10-13-20/h8-10,12-13,18-19,21H,11,14-17H2,1-7H3,(H2,25,28)/t18?,19?,21-,24?/m0/s1. The summed E-state index contributed by atoms with van der Waals surface area (Å²) in [6, 6.07) is 10.6. The molecule has 2 heterocycles. The van der Waals surface area contributed by atoms with Crippen LogP contribution < -0.4 is 5.73 Å². The number of carbonyl (C=O) groups excluding carboxylic acids is 1. The highest BCUT2D eigenvalue weighted by Crippen LogP contribution is 2.46. The molecule has 2 saturated heterocycles. The summed E-state index contributed by atoms with van der Waals surface area (Å²) in [4.78, 5) is 17.5. The third-order valence-corrected chi connectivity index (χ3v) is 12.6. The number of likely N-dealkylation sites (tertiary alicyclic amines) is 2. The van der Waals surface area contributed by atoms with Gasteiger partial charge in [0.2, 0.25) is 5.91 Å². The fraction of sp³-hybridized carbons (Fsp3) is 0.708. The molecule has 6 heteroatoms. The van der Waals surface area contributed by atoms with E-state index in [-0.39, 0.29) is 34.7 Å². The molecule has 1 aromatic rings. The molecular weight excluding hydrogens is 390 g/mol. The maximum atomic E-state index is 12.5. The summed E-state index contributed by atoms with van der Waals surface area (Å²) in [7, 11) is -1.98. The fourth-order valence-corrected chi connectivity index (χ4v) is 6.55. The molecule has 0 aromatic heterocycles. The molecule has 0 aliphatic carbocycles. The zero-order chi connectivity index (χ0) is 22.3. The van der Waals surface area contributed by atoms with Crippen LogP contribution in [0.15, 0.2) is 30.3 Å². The van der Waals surface area contributed by atoms with Gasteiger partial charge in [-0.25, -0.2) is 0 Å². The molecule has 4 atom stereocenters. The van der Waals surface area contributed by atoms with Gasteiger partial charge in [-0.3, -0.25) is 14.6 Å². The molecule has 1 spiro atoms. The van der Waals surface area contributed by atoms with Gasteiger partial charge in [-0.2, -0.15) is 0 Å². The number of nitrogens with zero attached hydrogens (tertiary/aromatic N) is 2.